The Bertz CT molecular complexity index is 669. The predicted octanol–water partition coefficient (Wildman–Crippen LogP) is 4.58. The van der Waals surface area contributed by atoms with Crippen molar-refractivity contribution in [3.05, 3.63) is 28.8 Å². The number of halogens is 4. The van der Waals surface area contributed by atoms with Crippen LogP contribution in [0.4, 0.5) is 18.9 Å². The van der Waals surface area contributed by atoms with E-state index in [-0.39, 0.29) is 29.3 Å². The molecule has 8 heteroatoms. The van der Waals surface area contributed by atoms with Gasteiger partial charge in [0.15, 0.2) is 0 Å². The van der Waals surface area contributed by atoms with Crippen molar-refractivity contribution < 1.29 is 22.8 Å². The fourth-order valence-electron chi connectivity index (χ4n) is 2.93. The number of hydrogen-bond acceptors (Lipinski definition) is 2. The summed E-state index contributed by atoms with van der Waals surface area (Å²) in [6, 6.07) is 3.30. The van der Waals surface area contributed by atoms with E-state index in [1.54, 1.807) is 4.90 Å². The Morgan fingerprint density at radius 1 is 1.27 bits per heavy atom. The predicted molar refractivity (Wildman–Crippen MR) is 93.8 cm³/mol. The Hall–Kier alpha value is -1.76. The molecule has 0 radical (unpaired) electrons. The largest absolute Gasteiger partial charge is 0.417 e. The van der Waals surface area contributed by atoms with E-state index in [2.05, 4.69) is 5.32 Å². The standard InChI is InChI=1S/C18H22ClF3N2O2/c1-11(2)9-16(25)24-7-5-12(6-8-24)17(26)23-13-3-4-15(19)14(10-13)18(20,21)22/h3-4,10-12H,5-9H2,1-2H3,(H,23,26). The molecule has 2 rings (SSSR count). The quantitative estimate of drug-likeness (QED) is 0.817. The van der Waals surface area contributed by atoms with Gasteiger partial charge in [-0.15, -0.1) is 0 Å². The molecular weight excluding hydrogens is 369 g/mol. The van der Waals surface area contributed by atoms with Crippen LogP contribution < -0.4 is 5.32 Å². The van der Waals surface area contributed by atoms with Crippen molar-refractivity contribution in [3.63, 3.8) is 0 Å². The molecule has 1 fully saturated rings. The van der Waals surface area contributed by atoms with Crippen LogP contribution in [0.2, 0.25) is 5.02 Å². The summed E-state index contributed by atoms with van der Waals surface area (Å²) in [6.45, 7) is 4.91. The van der Waals surface area contributed by atoms with E-state index >= 15 is 0 Å². The van der Waals surface area contributed by atoms with Crippen LogP contribution in [0.25, 0.3) is 0 Å². The van der Waals surface area contributed by atoms with E-state index in [0.29, 0.717) is 32.4 Å². The second-order valence-electron chi connectivity index (χ2n) is 6.93. The second-order valence-corrected chi connectivity index (χ2v) is 7.34. The molecule has 2 amide bonds. The highest BCUT2D eigenvalue weighted by Gasteiger charge is 2.34. The molecule has 144 valence electrons. The molecule has 0 aliphatic carbocycles. The summed E-state index contributed by atoms with van der Waals surface area (Å²) in [4.78, 5) is 26.1. The van der Waals surface area contributed by atoms with E-state index in [1.807, 2.05) is 13.8 Å². The van der Waals surface area contributed by atoms with E-state index < -0.39 is 16.8 Å². The molecule has 1 heterocycles. The number of rotatable bonds is 4. The van der Waals surface area contributed by atoms with E-state index in [9.17, 15) is 22.8 Å². The first-order valence-electron chi connectivity index (χ1n) is 8.53. The van der Waals surface area contributed by atoms with Crippen LogP contribution in [0.1, 0.15) is 38.7 Å². The van der Waals surface area contributed by atoms with Crippen molar-refractivity contribution in [2.45, 2.75) is 39.3 Å². The number of alkyl halides is 3. The molecule has 1 saturated heterocycles. The van der Waals surface area contributed by atoms with Crippen LogP contribution in [0.5, 0.6) is 0 Å². The molecule has 0 atom stereocenters. The number of nitrogens with one attached hydrogen (secondary N) is 1. The summed E-state index contributed by atoms with van der Waals surface area (Å²) in [7, 11) is 0. The lowest BCUT2D eigenvalue weighted by Crippen LogP contribution is -2.41. The molecule has 0 spiro atoms. The molecule has 1 aromatic carbocycles. The fourth-order valence-corrected chi connectivity index (χ4v) is 3.16. The Labute approximate surface area is 155 Å². The number of anilines is 1. The molecule has 0 saturated carbocycles. The van der Waals surface area contributed by atoms with Gasteiger partial charge in [-0.1, -0.05) is 25.4 Å². The van der Waals surface area contributed by atoms with Crippen LogP contribution in [-0.4, -0.2) is 29.8 Å². The Morgan fingerprint density at radius 2 is 1.88 bits per heavy atom. The van der Waals surface area contributed by atoms with Gasteiger partial charge in [-0.3, -0.25) is 9.59 Å². The molecular formula is C18H22ClF3N2O2. The van der Waals surface area contributed by atoms with Crippen molar-refractivity contribution >= 4 is 29.1 Å². The number of nitrogens with zero attached hydrogens (tertiary/aromatic N) is 1. The average molecular weight is 391 g/mol. The second kappa shape index (κ2) is 8.29. The number of piperidine rings is 1. The highest BCUT2D eigenvalue weighted by Crippen LogP contribution is 2.36. The summed E-state index contributed by atoms with van der Waals surface area (Å²) in [5, 5.41) is 2.12. The summed E-state index contributed by atoms with van der Waals surface area (Å²) in [6.07, 6.45) is -3.12. The molecule has 0 bridgehead atoms. The van der Waals surface area contributed by atoms with Gasteiger partial charge >= 0.3 is 6.18 Å². The first kappa shape index (κ1) is 20.6. The monoisotopic (exact) mass is 390 g/mol. The van der Waals surface area contributed by atoms with Crippen LogP contribution in [0, 0.1) is 11.8 Å². The van der Waals surface area contributed by atoms with Gasteiger partial charge in [0.2, 0.25) is 11.8 Å². The number of hydrogen-bond donors (Lipinski definition) is 1. The normalized spacial score (nSPS) is 16.0. The number of carbonyl (C=O) groups is 2. The van der Waals surface area contributed by atoms with Gasteiger partial charge in [-0.05, 0) is 37.0 Å². The Kier molecular flexibility index (Phi) is 6.55. The van der Waals surface area contributed by atoms with Crippen LogP contribution in [-0.2, 0) is 15.8 Å². The number of carbonyl (C=O) groups excluding carboxylic acids is 2. The molecule has 0 aromatic heterocycles. The van der Waals surface area contributed by atoms with Gasteiger partial charge in [-0.2, -0.15) is 13.2 Å². The van der Waals surface area contributed by atoms with E-state index in [4.69, 9.17) is 11.6 Å². The number of amides is 2. The highest BCUT2D eigenvalue weighted by molar-refractivity contribution is 6.31. The fraction of sp³-hybridized carbons (Fsp3) is 0.556. The summed E-state index contributed by atoms with van der Waals surface area (Å²) in [5.41, 5.74) is -0.920. The van der Waals surface area contributed by atoms with Crippen molar-refractivity contribution in [3.8, 4) is 0 Å². The third-order valence-electron chi connectivity index (χ3n) is 4.34. The first-order chi connectivity index (χ1) is 12.1. The van der Waals surface area contributed by atoms with Crippen molar-refractivity contribution in [1.29, 1.82) is 0 Å². The van der Waals surface area contributed by atoms with E-state index in [0.717, 1.165) is 12.1 Å². The molecule has 1 aliphatic heterocycles. The molecule has 4 nitrogen and oxygen atoms in total. The van der Waals surface area contributed by atoms with Crippen LogP contribution in [0.15, 0.2) is 18.2 Å². The average Bonchev–Trinajstić information content (AvgIpc) is 2.55. The van der Waals surface area contributed by atoms with Crippen molar-refractivity contribution in [2.75, 3.05) is 18.4 Å². The van der Waals surface area contributed by atoms with Crippen LogP contribution >= 0.6 is 11.6 Å². The lowest BCUT2D eigenvalue weighted by atomic mass is 9.95. The molecule has 1 aliphatic rings. The summed E-state index contributed by atoms with van der Waals surface area (Å²) >= 11 is 5.58. The lowest BCUT2D eigenvalue weighted by Gasteiger charge is -2.31. The minimum Gasteiger partial charge on any atom is -0.343 e. The third kappa shape index (κ3) is 5.37. The lowest BCUT2D eigenvalue weighted by molar-refractivity contribution is -0.137. The van der Waals surface area contributed by atoms with E-state index in [1.165, 1.54) is 6.07 Å². The van der Waals surface area contributed by atoms with Crippen molar-refractivity contribution in [2.24, 2.45) is 11.8 Å². The minimum absolute atomic E-state index is 0.0602. The zero-order valence-electron chi connectivity index (χ0n) is 14.7. The topological polar surface area (TPSA) is 49.4 Å². The van der Waals surface area contributed by atoms with Crippen LogP contribution in [0.3, 0.4) is 0 Å². The molecule has 0 unspecified atom stereocenters. The van der Waals surface area contributed by atoms with Gasteiger partial charge in [0.25, 0.3) is 0 Å². The van der Waals surface area contributed by atoms with Gasteiger partial charge < -0.3 is 10.2 Å². The third-order valence-corrected chi connectivity index (χ3v) is 4.67. The molecule has 1 aromatic rings. The maximum Gasteiger partial charge on any atom is 0.417 e. The first-order valence-corrected chi connectivity index (χ1v) is 8.91. The highest BCUT2D eigenvalue weighted by atomic mass is 35.5. The maximum absolute atomic E-state index is 12.9. The number of likely N-dealkylation sites (tertiary alicyclic amines) is 1. The molecule has 1 N–H and O–H groups in total. The smallest absolute Gasteiger partial charge is 0.343 e. The van der Waals surface area contributed by atoms with Gasteiger partial charge in [0.1, 0.15) is 0 Å². The zero-order valence-corrected chi connectivity index (χ0v) is 15.5. The summed E-state index contributed by atoms with van der Waals surface area (Å²) < 4.78 is 38.7. The van der Waals surface area contributed by atoms with Gasteiger partial charge in [0, 0.05) is 31.1 Å². The maximum atomic E-state index is 12.9. The minimum atomic E-state index is -4.58. The Balaban J connectivity index is 1.95. The number of benzene rings is 1. The van der Waals surface area contributed by atoms with Gasteiger partial charge in [0.05, 0.1) is 10.6 Å². The SMILES string of the molecule is CC(C)CC(=O)N1CCC(C(=O)Nc2ccc(Cl)c(C(F)(F)F)c2)CC1. The Morgan fingerprint density at radius 3 is 2.42 bits per heavy atom. The molecule has 26 heavy (non-hydrogen) atoms. The zero-order chi connectivity index (χ0) is 19.5. The summed E-state index contributed by atoms with van der Waals surface area (Å²) in [5.74, 6) is -0.317. The van der Waals surface area contributed by atoms with Gasteiger partial charge in [-0.25, -0.2) is 0 Å². The van der Waals surface area contributed by atoms with Crippen molar-refractivity contribution in [1.82, 2.24) is 4.90 Å².